The SMILES string of the molecule is COc1cccc(CNCCCNC(C)C)c1. The minimum atomic E-state index is 0.577. The maximum absolute atomic E-state index is 5.19. The Labute approximate surface area is 105 Å². The molecule has 0 fully saturated rings. The maximum atomic E-state index is 5.19. The van der Waals surface area contributed by atoms with Crippen molar-refractivity contribution >= 4 is 0 Å². The van der Waals surface area contributed by atoms with Crippen LogP contribution in [0.4, 0.5) is 0 Å². The van der Waals surface area contributed by atoms with Gasteiger partial charge in [-0.15, -0.1) is 0 Å². The lowest BCUT2D eigenvalue weighted by atomic mass is 10.2. The average Bonchev–Trinajstić information content (AvgIpc) is 2.33. The third kappa shape index (κ3) is 6.29. The maximum Gasteiger partial charge on any atom is 0.119 e. The predicted octanol–water partition coefficient (Wildman–Crippen LogP) is 2.17. The fourth-order valence-electron chi connectivity index (χ4n) is 1.62. The van der Waals surface area contributed by atoms with E-state index in [0.717, 1.165) is 31.8 Å². The zero-order valence-electron chi connectivity index (χ0n) is 11.1. The fourth-order valence-corrected chi connectivity index (χ4v) is 1.62. The van der Waals surface area contributed by atoms with Crippen LogP contribution in [0.15, 0.2) is 24.3 Å². The second-order valence-electron chi connectivity index (χ2n) is 4.49. The molecule has 0 saturated heterocycles. The van der Waals surface area contributed by atoms with Crippen LogP contribution in [0, 0.1) is 0 Å². The van der Waals surface area contributed by atoms with E-state index in [-0.39, 0.29) is 0 Å². The zero-order chi connectivity index (χ0) is 12.5. The monoisotopic (exact) mass is 236 g/mol. The minimum Gasteiger partial charge on any atom is -0.497 e. The van der Waals surface area contributed by atoms with Crippen molar-refractivity contribution < 1.29 is 4.74 Å². The van der Waals surface area contributed by atoms with Crippen molar-refractivity contribution in [2.75, 3.05) is 20.2 Å². The average molecular weight is 236 g/mol. The molecule has 1 aromatic carbocycles. The number of rotatable bonds is 8. The van der Waals surface area contributed by atoms with Crippen molar-refractivity contribution in [3.8, 4) is 5.75 Å². The van der Waals surface area contributed by atoms with Crippen LogP contribution >= 0.6 is 0 Å². The molecule has 3 heteroatoms. The second-order valence-corrected chi connectivity index (χ2v) is 4.49. The van der Waals surface area contributed by atoms with Crippen LogP contribution in [-0.2, 0) is 6.54 Å². The van der Waals surface area contributed by atoms with Gasteiger partial charge in [-0.3, -0.25) is 0 Å². The van der Waals surface area contributed by atoms with Crippen LogP contribution in [0.1, 0.15) is 25.8 Å². The molecule has 0 aliphatic carbocycles. The molecule has 0 radical (unpaired) electrons. The Morgan fingerprint density at radius 1 is 1.24 bits per heavy atom. The van der Waals surface area contributed by atoms with E-state index in [9.17, 15) is 0 Å². The molecule has 0 atom stereocenters. The van der Waals surface area contributed by atoms with Gasteiger partial charge in [-0.05, 0) is 37.2 Å². The van der Waals surface area contributed by atoms with Crippen molar-refractivity contribution in [1.29, 1.82) is 0 Å². The molecule has 1 aromatic rings. The Kier molecular flexibility index (Phi) is 6.67. The van der Waals surface area contributed by atoms with Gasteiger partial charge in [-0.25, -0.2) is 0 Å². The Balaban J connectivity index is 2.13. The first-order chi connectivity index (χ1) is 8.22. The molecule has 0 aliphatic rings. The first-order valence-electron chi connectivity index (χ1n) is 6.29. The number of nitrogens with one attached hydrogen (secondary N) is 2. The Morgan fingerprint density at radius 2 is 2.06 bits per heavy atom. The Bertz CT molecular complexity index is 313. The van der Waals surface area contributed by atoms with Crippen LogP contribution in [0.3, 0.4) is 0 Å². The largest absolute Gasteiger partial charge is 0.497 e. The number of methoxy groups -OCH3 is 1. The Hall–Kier alpha value is -1.06. The second kappa shape index (κ2) is 8.09. The van der Waals surface area contributed by atoms with Crippen molar-refractivity contribution in [2.45, 2.75) is 32.9 Å². The van der Waals surface area contributed by atoms with Crippen LogP contribution in [0.25, 0.3) is 0 Å². The first-order valence-corrected chi connectivity index (χ1v) is 6.29. The van der Waals surface area contributed by atoms with E-state index < -0.39 is 0 Å². The van der Waals surface area contributed by atoms with E-state index in [1.54, 1.807) is 7.11 Å². The highest BCUT2D eigenvalue weighted by molar-refractivity contribution is 5.28. The predicted molar refractivity (Wildman–Crippen MR) is 72.5 cm³/mol. The highest BCUT2D eigenvalue weighted by Gasteiger charge is 1.96. The summed E-state index contributed by atoms with van der Waals surface area (Å²) in [6.07, 6.45) is 1.15. The van der Waals surface area contributed by atoms with Crippen LogP contribution in [0.5, 0.6) is 5.75 Å². The van der Waals surface area contributed by atoms with Gasteiger partial charge in [0.05, 0.1) is 7.11 Å². The summed E-state index contributed by atoms with van der Waals surface area (Å²) in [5.74, 6) is 0.922. The molecule has 17 heavy (non-hydrogen) atoms. The molecular weight excluding hydrogens is 212 g/mol. The first kappa shape index (κ1) is 14.0. The summed E-state index contributed by atoms with van der Waals surface area (Å²) in [6, 6.07) is 8.75. The molecule has 0 heterocycles. The van der Waals surface area contributed by atoms with Crippen molar-refractivity contribution in [3.63, 3.8) is 0 Å². The standard InChI is InChI=1S/C14H24N2O/c1-12(2)16-9-5-8-15-11-13-6-4-7-14(10-13)17-3/h4,6-7,10,12,15-16H,5,8-9,11H2,1-3H3. The summed E-state index contributed by atoms with van der Waals surface area (Å²) >= 11 is 0. The number of hydrogen-bond donors (Lipinski definition) is 2. The van der Waals surface area contributed by atoms with E-state index in [2.05, 4.69) is 36.6 Å². The fraction of sp³-hybridized carbons (Fsp3) is 0.571. The quantitative estimate of drug-likeness (QED) is 0.679. The lowest BCUT2D eigenvalue weighted by Crippen LogP contribution is -2.26. The molecule has 2 N–H and O–H groups in total. The molecule has 0 spiro atoms. The van der Waals surface area contributed by atoms with E-state index in [0.29, 0.717) is 6.04 Å². The molecule has 0 aromatic heterocycles. The van der Waals surface area contributed by atoms with E-state index in [4.69, 9.17) is 4.74 Å². The van der Waals surface area contributed by atoms with Crippen LogP contribution in [-0.4, -0.2) is 26.2 Å². The zero-order valence-corrected chi connectivity index (χ0v) is 11.1. The van der Waals surface area contributed by atoms with Gasteiger partial charge in [0.25, 0.3) is 0 Å². The third-order valence-corrected chi connectivity index (χ3v) is 2.55. The molecule has 96 valence electrons. The van der Waals surface area contributed by atoms with Gasteiger partial charge in [0.2, 0.25) is 0 Å². The molecule has 0 bridgehead atoms. The lowest BCUT2D eigenvalue weighted by molar-refractivity contribution is 0.414. The third-order valence-electron chi connectivity index (χ3n) is 2.55. The number of ether oxygens (including phenoxy) is 1. The lowest BCUT2D eigenvalue weighted by Gasteiger charge is -2.09. The molecule has 3 nitrogen and oxygen atoms in total. The van der Waals surface area contributed by atoms with Crippen molar-refractivity contribution in [2.24, 2.45) is 0 Å². The van der Waals surface area contributed by atoms with Gasteiger partial charge >= 0.3 is 0 Å². The topological polar surface area (TPSA) is 33.3 Å². The molecule has 0 aliphatic heterocycles. The van der Waals surface area contributed by atoms with E-state index in [1.165, 1.54) is 5.56 Å². The van der Waals surface area contributed by atoms with Crippen LogP contribution < -0.4 is 15.4 Å². The van der Waals surface area contributed by atoms with E-state index in [1.807, 2.05) is 12.1 Å². The normalized spacial score (nSPS) is 10.8. The summed E-state index contributed by atoms with van der Waals surface area (Å²) in [5, 5.41) is 6.83. The van der Waals surface area contributed by atoms with E-state index >= 15 is 0 Å². The summed E-state index contributed by atoms with van der Waals surface area (Å²) in [7, 11) is 1.70. The molecule has 1 rings (SSSR count). The number of benzene rings is 1. The van der Waals surface area contributed by atoms with Crippen LogP contribution in [0.2, 0.25) is 0 Å². The Morgan fingerprint density at radius 3 is 2.76 bits per heavy atom. The highest BCUT2D eigenvalue weighted by atomic mass is 16.5. The summed E-state index contributed by atoms with van der Waals surface area (Å²) in [6.45, 7) is 7.35. The molecule has 0 saturated carbocycles. The molecule has 0 unspecified atom stereocenters. The van der Waals surface area contributed by atoms with Gasteiger partial charge in [-0.1, -0.05) is 26.0 Å². The summed E-state index contributed by atoms with van der Waals surface area (Å²) in [5.41, 5.74) is 1.26. The van der Waals surface area contributed by atoms with Gasteiger partial charge in [0, 0.05) is 12.6 Å². The van der Waals surface area contributed by atoms with Crippen molar-refractivity contribution in [1.82, 2.24) is 10.6 Å². The highest BCUT2D eigenvalue weighted by Crippen LogP contribution is 2.11. The molecule has 0 amide bonds. The van der Waals surface area contributed by atoms with Gasteiger partial charge in [-0.2, -0.15) is 0 Å². The number of hydrogen-bond acceptors (Lipinski definition) is 3. The van der Waals surface area contributed by atoms with Crippen molar-refractivity contribution in [3.05, 3.63) is 29.8 Å². The summed E-state index contributed by atoms with van der Waals surface area (Å²) < 4.78 is 5.19. The van der Waals surface area contributed by atoms with Gasteiger partial charge < -0.3 is 15.4 Å². The minimum absolute atomic E-state index is 0.577. The summed E-state index contributed by atoms with van der Waals surface area (Å²) in [4.78, 5) is 0. The van der Waals surface area contributed by atoms with Gasteiger partial charge in [0.15, 0.2) is 0 Å². The molecular formula is C14H24N2O. The smallest absolute Gasteiger partial charge is 0.119 e. The van der Waals surface area contributed by atoms with Gasteiger partial charge in [0.1, 0.15) is 5.75 Å².